The number of nitrogens with zero attached hydrogens (tertiary/aromatic N) is 1. The third kappa shape index (κ3) is 3.17. The highest BCUT2D eigenvalue weighted by Crippen LogP contribution is 2.27. The summed E-state index contributed by atoms with van der Waals surface area (Å²) in [5, 5.41) is 11.8. The van der Waals surface area contributed by atoms with Crippen LogP contribution in [0.5, 0.6) is 0 Å². The number of rotatable bonds is 2. The maximum absolute atomic E-state index is 6.14. The summed E-state index contributed by atoms with van der Waals surface area (Å²) in [5.74, 6) is 1.76. The highest BCUT2D eigenvalue weighted by atomic mass is 35.5. The molecule has 0 aromatic rings. The van der Waals surface area contributed by atoms with Gasteiger partial charge < -0.3 is 20.9 Å². The highest BCUT2D eigenvalue weighted by molar-refractivity contribution is 6.44. The lowest BCUT2D eigenvalue weighted by atomic mass is 10.00. The topological polar surface area (TPSA) is 39.3 Å². The van der Waals surface area contributed by atoms with E-state index in [1.54, 1.807) is 0 Å². The minimum Gasteiger partial charge on any atom is -0.379 e. The molecule has 3 rings (SSSR count). The summed E-state index contributed by atoms with van der Waals surface area (Å²) in [6.07, 6.45) is 6.00. The fourth-order valence-corrected chi connectivity index (χ4v) is 3.38. The van der Waals surface area contributed by atoms with Crippen LogP contribution in [-0.2, 0) is 0 Å². The Morgan fingerprint density at radius 3 is 2.62 bits per heavy atom. The molecule has 1 saturated heterocycles. The van der Waals surface area contributed by atoms with Crippen LogP contribution in [0.4, 0.5) is 0 Å². The molecule has 2 aliphatic heterocycles. The summed E-state index contributed by atoms with van der Waals surface area (Å²) >= 11 is 12.2. The van der Waals surface area contributed by atoms with Gasteiger partial charge in [0.2, 0.25) is 0 Å². The standard InChI is InChI=1S/C15H22Cl2N4/c1-9(2)14-8-21(4-3-18-14)15-7-19-12-5-10(16)11(17)6-13(12)20-15/h5-7,9,12-14,18-20H,3-4,8H2,1-2H3. The lowest BCUT2D eigenvalue weighted by Crippen LogP contribution is -2.58. The van der Waals surface area contributed by atoms with Crippen molar-refractivity contribution in [1.29, 1.82) is 0 Å². The second kappa shape index (κ2) is 6.11. The summed E-state index contributed by atoms with van der Waals surface area (Å²) in [6.45, 7) is 7.56. The molecule has 0 aromatic carbocycles. The van der Waals surface area contributed by atoms with E-state index < -0.39 is 0 Å². The average Bonchev–Trinajstić information content (AvgIpc) is 2.48. The van der Waals surface area contributed by atoms with Crippen molar-refractivity contribution in [2.45, 2.75) is 32.0 Å². The Kier molecular flexibility index (Phi) is 4.38. The molecule has 0 amide bonds. The zero-order valence-electron chi connectivity index (χ0n) is 12.4. The third-order valence-electron chi connectivity index (χ3n) is 4.34. The van der Waals surface area contributed by atoms with Crippen molar-refractivity contribution < 1.29 is 0 Å². The molecule has 0 saturated carbocycles. The normalized spacial score (nSPS) is 32.5. The van der Waals surface area contributed by atoms with Crippen LogP contribution in [0, 0.1) is 5.92 Å². The van der Waals surface area contributed by atoms with E-state index in [1.807, 2.05) is 12.2 Å². The number of halogens is 2. The van der Waals surface area contributed by atoms with Gasteiger partial charge in [0.1, 0.15) is 5.82 Å². The molecule has 0 spiro atoms. The minimum atomic E-state index is 0.146. The van der Waals surface area contributed by atoms with E-state index in [-0.39, 0.29) is 12.1 Å². The smallest absolute Gasteiger partial charge is 0.118 e. The Balaban J connectivity index is 1.71. The van der Waals surface area contributed by atoms with E-state index in [0.717, 1.165) is 25.5 Å². The molecule has 3 N–H and O–H groups in total. The molecule has 3 unspecified atom stereocenters. The Morgan fingerprint density at radius 2 is 1.90 bits per heavy atom. The number of piperazine rings is 1. The largest absolute Gasteiger partial charge is 0.379 e. The molecule has 6 heteroatoms. The van der Waals surface area contributed by atoms with Crippen LogP contribution in [0.1, 0.15) is 13.8 Å². The molecular weight excluding hydrogens is 307 g/mol. The number of hydrogen-bond acceptors (Lipinski definition) is 4. The molecule has 21 heavy (non-hydrogen) atoms. The Labute approximate surface area is 136 Å². The second-order valence-corrected chi connectivity index (χ2v) is 6.99. The van der Waals surface area contributed by atoms with E-state index in [1.165, 1.54) is 0 Å². The van der Waals surface area contributed by atoms with Gasteiger partial charge in [-0.15, -0.1) is 0 Å². The van der Waals surface area contributed by atoms with Crippen molar-refractivity contribution in [2.75, 3.05) is 19.6 Å². The van der Waals surface area contributed by atoms with Gasteiger partial charge in [-0.05, 0) is 18.1 Å². The van der Waals surface area contributed by atoms with Crippen molar-refractivity contribution in [3.8, 4) is 0 Å². The summed E-state index contributed by atoms with van der Waals surface area (Å²) in [5.41, 5.74) is 0. The lowest BCUT2D eigenvalue weighted by Gasteiger charge is -2.42. The van der Waals surface area contributed by atoms with Gasteiger partial charge in [0.25, 0.3) is 0 Å². The van der Waals surface area contributed by atoms with Crippen LogP contribution < -0.4 is 16.0 Å². The van der Waals surface area contributed by atoms with E-state index in [2.05, 4.69) is 40.9 Å². The molecular formula is C15H22Cl2N4. The Hall–Kier alpha value is -0.840. The van der Waals surface area contributed by atoms with Gasteiger partial charge in [-0.1, -0.05) is 37.0 Å². The van der Waals surface area contributed by atoms with E-state index in [9.17, 15) is 0 Å². The predicted octanol–water partition coefficient (Wildman–Crippen LogP) is 1.90. The first-order valence-electron chi connectivity index (χ1n) is 7.50. The second-order valence-electron chi connectivity index (χ2n) is 6.17. The van der Waals surface area contributed by atoms with Gasteiger partial charge in [-0.3, -0.25) is 0 Å². The van der Waals surface area contributed by atoms with Crippen molar-refractivity contribution in [3.63, 3.8) is 0 Å². The first-order chi connectivity index (χ1) is 10.0. The van der Waals surface area contributed by atoms with Crippen molar-refractivity contribution >= 4 is 23.2 Å². The predicted molar refractivity (Wildman–Crippen MR) is 88.0 cm³/mol. The summed E-state index contributed by atoms with van der Waals surface area (Å²) in [6, 6.07) is 0.832. The van der Waals surface area contributed by atoms with Crippen LogP contribution in [0.25, 0.3) is 0 Å². The SMILES string of the molecule is CC(C)C1CN(C2=CNC3C=C(Cl)C(Cl)=CC3N2)CCN1. The quantitative estimate of drug-likeness (QED) is 0.724. The Morgan fingerprint density at radius 1 is 1.19 bits per heavy atom. The van der Waals surface area contributed by atoms with E-state index in [0.29, 0.717) is 22.0 Å². The first kappa shape index (κ1) is 15.1. The van der Waals surface area contributed by atoms with Crippen LogP contribution in [-0.4, -0.2) is 42.7 Å². The number of fused-ring (bicyclic) bond motifs is 1. The fourth-order valence-electron chi connectivity index (χ4n) is 2.98. The maximum atomic E-state index is 6.14. The molecule has 116 valence electrons. The van der Waals surface area contributed by atoms with Crippen molar-refractivity contribution in [1.82, 2.24) is 20.9 Å². The Bertz CT molecular complexity index is 498. The van der Waals surface area contributed by atoms with Crippen molar-refractivity contribution in [3.05, 3.63) is 34.2 Å². The van der Waals surface area contributed by atoms with Gasteiger partial charge in [-0.2, -0.15) is 0 Å². The summed E-state index contributed by atoms with van der Waals surface area (Å²) in [4.78, 5) is 2.39. The van der Waals surface area contributed by atoms with Crippen molar-refractivity contribution in [2.24, 2.45) is 5.92 Å². The van der Waals surface area contributed by atoms with Crippen LogP contribution >= 0.6 is 23.2 Å². The van der Waals surface area contributed by atoms with Gasteiger partial charge >= 0.3 is 0 Å². The third-order valence-corrected chi connectivity index (χ3v) is 5.10. The van der Waals surface area contributed by atoms with Crippen LogP contribution in [0.2, 0.25) is 0 Å². The molecule has 3 aliphatic rings. The van der Waals surface area contributed by atoms with Crippen LogP contribution in [0.3, 0.4) is 0 Å². The van der Waals surface area contributed by atoms with Crippen LogP contribution in [0.15, 0.2) is 34.2 Å². The summed E-state index contributed by atoms with van der Waals surface area (Å²) in [7, 11) is 0. The molecule has 0 bridgehead atoms. The number of allylic oxidation sites excluding steroid dienone is 2. The molecule has 3 atom stereocenters. The average molecular weight is 329 g/mol. The van der Waals surface area contributed by atoms with E-state index >= 15 is 0 Å². The highest BCUT2D eigenvalue weighted by Gasteiger charge is 2.30. The summed E-state index contributed by atoms with van der Waals surface area (Å²) < 4.78 is 0. The fraction of sp³-hybridized carbons (Fsp3) is 0.600. The minimum absolute atomic E-state index is 0.146. The molecule has 0 radical (unpaired) electrons. The van der Waals surface area contributed by atoms with E-state index in [4.69, 9.17) is 23.2 Å². The maximum Gasteiger partial charge on any atom is 0.118 e. The van der Waals surface area contributed by atoms with Gasteiger partial charge in [-0.25, -0.2) is 0 Å². The number of hydrogen-bond donors (Lipinski definition) is 3. The zero-order chi connectivity index (χ0) is 15.0. The monoisotopic (exact) mass is 328 g/mol. The lowest BCUT2D eigenvalue weighted by molar-refractivity contribution is 0.194. The molecule has 2 heterocycles. The molecule has 1 fully saturated rings. The van der Waals surface area contributed by atoms with Gasteiger partial charge in [0.15, 0.2) is 0 Å². The van der Waals surface area contributed by atoms with Gasteiger partial charge in [0, 0.05) is 31.9 Å². The molecule has 4 nitrogen and oxygen atoms in total. The van der Waals surface area contributed by atoms with Gasteiger partial charge in [0.05, 0.1) is 22.1 Å². The first-order valence-corrected chi connectivity index (χ1v) is 8.26. The zero-order valence-corrected chi connectivity index (χ0v) is 13.9. The molecule has 1 aliphatic carbocycles. The molecule has 0 aromatic heterocycles. The number of nitrogens with one attached hydrogen (secondary N) is 3.